The van der Waals surface area contributed by atoms with E-state index in [9.17, 15) is 9.59 Å². The van der Waals surface area contributed by atoms with Crippen LogP contribution in [0.15, 0.2) is 0 Å². The molecule has 0 spiro atoms. The van der Waals surface area contributed by atoms with Crippen molar-refractivity contribution in [1.82, 2.24) is 4.90 Å². The highest BCUT2D eigenvalue weighted by Gasteiger charge is 2.37. The molecule has 3 unspecified atom stereocenters. The van der Waals surface area contributed by atoms with E-state index in [0.717, 1.165) is 12.8 Å². The smallest absolute Gasteiger partial charge is 0.409 e. The van der Waals surface area contributed by atoms with E-state index >= 15 is 0 Å². The van der Waals surface area contributed by atoms with Gasteiger partial charge in [-0.25, -0.2) is 4.79 Å². The van der Waals surface area contributed by atoms with Gasteiger partial charge in [-0.3, -0.25) is 4.79 Å². The Labute approximate surface area is 102 Å². The topological polar surface area (TPSA) is 66.8 Å². The molecule has 5 heteroatoms. The predicted molar refractivity (Wildman–Crippen MR) is 62.7 cm³/mol. The van der Waals surface area contributed by atoms with Gasteiger partial charge in [0.25, 0.3) is 0 Å². The van der Waals surface area contributed by atoms with Crippen LogP contribution in [-0.4, -0.2) is 41.8 Å². The Bertz CT molecular complexity index is 292. The average Bonchev–Trinajstić information content (AvgIpc) is 2.30. The highest BCUT2D eigenvalue weighted by Crippen LogP contribution is 2.33. The number of aliphatic carboxylic acids is 1. The Balaban J connectivity index is 2.73. The SMILES string of the molecule is CCC1C(C)C(CC(=O)O)CCN1C(=O)OC. The fraction of sp³-hybridized carbons (Fsp3) is 0.833. The molecule has 1 amide bonds. The first kappa shape index (κ1) is 13.8. The highest BCUT2D eigenvalue weighted by molar-refractivity contribution is 5.69. The molecule has 0 radical (unpaired) electrons. The molecule has 0 bridgehead atoms. The fourth-order valence-corrected chi connectivity index (χ4v) is 2.78. The molecular weight excluding hydrogens is 222 g/mol. The molecular formula is C12H21NO4. The number of piperidine rings is 1. The first-order valence-corrected chi connectivity index (χ1v) is 6.07. The Kier molecular flexibility index (Phi) is 4.78. The number of carbonyl (C=O) groups excluding carboxylic acids is 1. The molecule has 1 fully saturated rings. The highest BCUT2D eigenvalue weighted by atomic mass is 16.5. The zero-order chi connectivity index (χ0) is 13.0. The van der Waals surface area contributed by atoms with Crippen LogP contribution >= 0.6 is 0 Å². The summed E-state index contributed by atoms with van der Waals surface area (Å²) in [6.45, 7) is 4.63. The van der Waals surface area contributed by atoms with Crippen LogP contribution in [0.5, 0.6) is 0 Å². The lowest BCUT2D eigenvalue weighted by Gasteiger charge is -2.42. The number of hydrogen-bond donors (Lipinski definition) is 1. The van der Waals surface area contributed by atoms with Gasteiger partial charge in [-0.1, -0.05) is 13.8 Å². The van der Waals surface area contributed by atoms with Crippen LogP contribution in [0.2, 0.25) is 0 Å². The quantitative estimate of drug-likeness (QED) is 0.822. The van der Waals surface area contributed by atoms with Crippen molar-refractivity contribution in [2.24, 2.45) is 11.8 Å². The predicted octanol–water partition coefficient (Wildman–Crippen LogP) is 1.96. The Hall–Kier alpha value is -1.26. The summed E-state index contributed by atoms with van der Waals surface area (Å²) >= 11 is 0. The van der Waals surface area contributed by atoms with Gasteiger partial charge in [0.2, 0.25) is 0 Å². The van der Waals surface area contributed by atoms with E-state index in [1.54, 1.807) is 4.90 Å². The molecule has 1 aliphatic heterocycles. The summed E-state index contributed by atoms with van der Waals surface area (Å²) in [5.74, 6) is -0.412. The minimum atomic E-state index is -0.761. The molecule has 0 saturated carbocycles. The lowest BCUT2D eigenvalue weighted by atomic mass is 9.78. The monoisotopic (exact) mass is 243 g/mol. The van der Waals surface area contributed by atoms with Crippen LogP contribution in [0.3, 0.4) is 0 Å². The summed E-state index contributed by atoms with van der Waals surface area (Å²) in [4.78, 5) is 24.1. The van der Waals surface area contributed by atoms with Crippen molar-refractivity contribution < 1.29 is 19.4 Å². The number of carboxylic acids is 1. The van der Waals surface area contributed by atoms with Gasteiger partial charge in [0.05, 0.1) is 7.11 Å². The van der Waals surface area contributed by atoms with Crippen LogP contribution in [-0.2, 0) is 9.53 Å². The minimum Gasteiger partial charge on any atom is -0.481 e. The van der Waals surface area contributed by atoms with E-state index in [2.05, 4.69) is 0 Å². The summed E-state index contributed by atoms with van der Waals surface area (Å²) in [6.07, 6.45) is 1.44. The molecule has 0 aromatic carbocycles. The van der Waals surface area contributed by atoms with Gasteiger partial charge in [0.15, 0.2) is 0 Å². The van der Waals surface area contributed by atoms with Crippen LogP contribution in [0.4, 0.5) is 4.79 Å². The van der Waals surface area contributed by atoms with Crippen molar-refractivity contribution in [2.45, 2.75) is 39.2 Å². The molecule has 1 aliphatic rings. The van der Waals surface area contributed by atoms with Gasteiger partial charge < -0.3 is 14.7 Å². The number of amides is 1. The molecule has 1 N–H and O–H groups in total. The van der Waals surface area contributed by atoms with Crippen molar-refractivity contribution in [3.63, 3.8) is 0 Å². The molecule has 3 atom stereocenters. The van der Waals surface area contributed by atoms with Crippen molar-refractivity contribution in [3.8, 4) is 0 Å². The Morgan fingerprint density at radius 2 is 2.12 bits per heavy atom. The first-order valence-electron chi connectivity index (χ1n) is 6.07. The second-order valence-corrected chi connectivity index (χ2v) is 4.64. The molecule has 1 saturated heterocycles. The molecule has 1 rings (SSSR count). The lowest BCUT2D eigenvalue weighted by molar-refractivity contribution is -0.139. The number of rotatable bonds is 3. The molecule has 0 aromatic heterocycles. The Morgan fingerprint density at radius 3 is 2.59 bits per heavy atom. The number of hydrogen-bond acceptors (Lipinski definition) is 3. The van der Waals surface area contributed by atoms with E-state index < -0.39 is 5.97 Å². The van der Waals surface area contributed by atoms with Crippen LogP contribution in [0, 0.1) is 11.8 Å². The van der Waals surface area contributed by atoms with Crippen molar-refractivity contribution in [3.05, 3.63) is 0 Å². The summed E-state index contributed by atoms with van der Waals surface area (Å²) in [5.41, 5.74) is 0. The third-order valence-corrected chi connectivity index (χ3v) is 3.76. The van der Waals surface area contributed by atoms with Crippen molar-refractivity contribution in [2.75, 3.05) is 13.7 Å². The average molecular weight is 243 g/mol. The largest absolute Gasteiger partial charge is 0.481 e. The van der Waals surface area contributed by atoms with E-state index in [4.69, 9.17) is 9.84 Å². The van der Waals surface area contributed by atoms with E-state index in [-0.39, 0.29) is 30.4 Å². The number of likely N-dealkylation sites (tertiary alicyclic amines) is 1. The molecule has 1 heterocycles. The van der Waals surface area contributed by atoms with Crippen molar-refractivity contribution in [1.29, 1.82) is 0 Å². The lowest BCUT2D eigenvalue weighted by Crippen LogP contribution is -2.50. The van der Waals surface area contributed by atoms with Gasteiger partial charge >= 0.3 is 12.1 Å². The number of methoxy groups -OCH3 is 1. The molecule has 98 valence electrons. The number of carbonyl (C=O) groups is 2. The van der Waals surface area contributed by atoms with E-state index in [1.165, 1.54) is 7.11 Å². The van der Waals surface area contributed by atoms with Crippen LogP contribution < -0.4 is 0 Å². The molecule has 17 heavy (non-hydrogen) atoms. The zero-order valence-corrected chi connectivity index (χ0v) is 10.7. The number of ether oxygens (including phenoxy) is 1. The van der Waals surface area contributed by atoms with Gasteiger partial charge in [-0.15, -0.1) is 0 Å². The van der Waals surface area contributed by atoms with Gasteiger partial charge in [-0.2, -0.15) is 0 Å². The number of carboxylic acid groups (broad SMARTS) is 1. The molecule has 0 aromatic rings. The standard InChI is InChI=1S/C12H21NO4/c1-4-10-8(2)9(7-11(14)15)5-6-13(10)12(16)17-3/h8-10H,4-7H2,1-3H3,(H,14,15). The minimum absolute atomic E-state index is 0.0838. The third-order valence-electron chi connectivity index (χ3n) is 3.76. The van der Waals surface area contributed by atoms with Gasteiger partial charge in [0.1, 0.15) is 0 Å². The summed E-state index contributed by atoms with van der Waals surface area (Å²) in [5, 5.41) is 8.86. The maximum absolute atomic E-state index is 11.6. The maximum atomic E-state index is 11.6. The van der Waals surface area contributed by atoms with E-state index in [1.807, 2.05) is 13.8 Å². The molecule has 0 aliphatic carbocycles. The first-order chi connectivity index (χ1) is 8.01. The van der Waals surface area contributed by atoms with Crippen LogP contribution in [0.25, 0.3) is 0 Å². The molecule has 5 nitrogen and oxygen atoms in total. The number of nitrogens with zero attached hydrogens (tertiary/aromatic N) is 1. The van der Waals surface area contributed by atoms with E-state index in [0.29, 0.717) is 6.54 Å². The Morgan fingerprint density at radius 1 is 1.47 bits per heavy atom. The zero-order valence-electron chi connectivity index (χ0n) is 10.7. The van der Waals surface area contributed by atoms with Crippen LogP contribution in [0.1, 0.15) is 33.1 Å². The summed E-state index contributed by atoms with van der Waals surface area (Å²) in [7, 11) is 1.38. The van der Waals surface area contributed by atoms with Crippen molar-refractivity contribution >= 4 is 12.1 Å². The maximum Gasteiger partial charge on any atom is 0.409 e. The third kappa shape index (κ3) is 3.11. The second kappa shape index (κ2) is 5.89. The normalized spacial score (nSPS) is 28.9. The summed E-state index contributed by atoms with van der Waals surface area (Å²) in [6, 6.07) is 0.0838. The fourth-order valence-electron chi connectivity index (χ4n) is 2.78. The van der Waals surface area contributed by atoms with Gasteiger partial charge in [-0.05, 0) is 24.7 Å². The second-order valence-electron chi connectivity index (χ2n) is 4.64. The van der Waals surface area contributed by atoms with Gasteiger partial charge in [0, 0.05) is 19.0 Å². The summed E-state index contributed by atoms with van der Waals surface area (Å²) < 4.78 is 4.76.